The summed E-state index contributed by atoms with van der Waals surface area (Å²) in [5.74, 6) is 0.593. The molecule has 0 bridgehead atoms. The number of ether oxygens (including phenoxy) is 2. The molecule has 0 saturated carbocycles. The molecule has 2 aromatic rings. The summed E-state index contributed by atoms with van der Waals surface area (Å²) < 4.78 is 12.5. The first-order valence-electron chi connectivity index (χ1n) is 6.53. The lowest BCUT2D eigenvalue weighted by atomic mass is 10.1. The summed E-state index contributed by atoms with van der Waals surface area (Å²) >= 11 is 3.44. The van der Waals surface area contributed by atoms with Crippen molar-refractivity contribution >= 4 is 21.9 Å². The van der Waals surface area contributed by atoms with E-state index >= 15 is 0 Å². The van der Waals surface area contributed by atoms with Crippen molar-refractivity contribution in [2.45, 2.75) is 12.5 Å². The maximum atomic E-state index is 10.8. The van der Waals surface area contributed by atoms with Crippen LogP contribution in [0.1, 0.15) is 15.9 Å². The first kappa shape index (κ1) is 13.9. The van der Waals surface area contributed by atoms with Crippen molar-refractivity contribution < 1.29 is 19.4 Å². The summed E-state index contributed by atoms with van der Waals surface area (Å²) in [6, 6.07) is 12.3. The fraction of sp³-hybridized carbons (Fsp3) is 0.188. The Balaban J connectivity index is 1.58. The van der Waals surface area contributed by atoms with Gasteiger partial charge < -0.3 is 14.6 Å². The van der Waals surface area contributed by atoms with Crippen LogP contribution in [0, 0.1) is 0 Å². The van der Waals surface area contributed by atoms with Crippen LogP contribution < -0.4 is 9.47 Å². The topological polar surface area (TPSA) is 55.8 Å². The molecule has 1 atom stereocenters. The summed E-state index contributed by atoms with van der Waals surface area (Å²) in [4.78, 5) is 10.8. The van der Waals surface area contributed by atoms with E-state index < -0.39 is 5.97 Å². The highest BCUT2D eigenvalue weighted by molar-refractivity contribution is 9.10. The largest absolute Gasteiger partial charge is 0.490 e. The highest BCUT2D eigenvalue weighted by Crippen LogP contribution is 2.31. The summed E-state index contributed by atoms with van der Waals surface area (Å²) in [7, 11) is 0. The van der Waals surface area contributed by atoms with Crippen LogP contribution in [0.3, 0.4) is 0 Å². The smallest absolute Gasteiger partial charge is 0.335 e. The van der Waals surface area contributed by atoms with Gasteiger partial charge in [-0.25, -0.2) is 4.79 Å². The summed E-state index contributed by atoms with van der Waals surface area (Å²) in [6.45, 7) is 0.429. The van der Waals surface area contributed by atoms with Gasteiger partial charge in [-0.3, -0.25) is 0 Å². The molecule has 1 aliphatic rings. The van der Waals surface area contributed by atoms with Gasteiger partial charge in [-0.15, -0.1) is 0 Å². The molecule has 0 radical (unpaired) electrons. The van der Waals surface area contributed by atoms with E-state index in [1.807, 2.05) is 12.1 Å². The quantitative estimate of drug-likeness (QED) is 0.918. The third-order valence-corrected chi connectivity index (χ3v) is 3.79. The van der Waals surface area contributed by atoms with Crippen LogP contribution in [-0.4, -0.2) is 23.8 Å². The van der Waals surface area contributed by atoms with Crippen LogP contribution in [0.5, 0.6) is 11.5 Å². The Morgan fingerprint density at radius 2 is 2.05 bits per heavy atom. The lowest BCUT2D eigenvalue weighted by Crippen LogP contribution is -2.22. The van der Waals surface area contributed by atoms with E-state index in [9.17, 15) is 4.79 Å². The standard InChI is InChI=1S/C16H13BrO4/c17-12-3-6-15-11(7-12)8-14(21-15)9-20-13-4-1-10(2-5-13)16(18)19/h1-7,14H,8-9H2,(H,18,19). The van der Waals surface area contributed by atoms with Gasteiger partial charge in [0.15, 0.2) is 0 Å². The Labute approximate surface area is 130 Å². The van der Waals surface area contributed by atoms with Gasteiger partial charge in [-0.1, -0.05) is 15.9 Å². The van der Waals surface area contributed by atoms with Gasteiger partial charge in [0, 0.05) is 10.9 Å². The highest BCUT2D eigenvalue weighted by Gasteiger charge is 2.23. The molecule has 0 saturated heterocycles. The van der Waals surface area contributed by atoms with Crippen LogP contribution in [0.25, 0.3) is 0 Å². The van der Waals surface area contributed by atoms with Crippen LogP contribution in [-0.2, 0) is 6.42 Å². The second-order valence-corrected chi connectivity index (χ2v) is 5.75. The number of hydrogen-bond acceptors (Lipinski definition) is 3. The minimum atomic E-state index is -0.943. The summed E-state index contributed by atoms with van der Waals surface area (Å²) in [5, 5.41) is 8.84. The van der Waals surface area contributed by atoms with Crippen molar-refractivity contribution in [2.75, 3.05) is 6.61 Å². The van der Waals surface area contributed by atoms with E-state index in [-0.39, 0.29) is 11.7 Å². The fourth-order valence-electron chi connectivity index (χ4n) is 2.26. The zero-order chi connectivity index (χ0) is 14.8. The molecular weight excluding hydrogens is 336 g/mol. The molecule has 0 fully saturated rings. The molecule has 1 unspecified atom stereocenters. The second-order valence-electron chi connectivity index (χ2n) is 4.84. The van der Waals surface area contributed by atoms with E-state index in [0.29, 0.717) is 12.4 Å². The lowest BCUT2D eigenvalue weighted by molar-refractivity contribution is 0.0696. The molecule has 0 amide bonds. The molecule has 21 heavy (non-hydrogen) atoms. The lowest BCUT2D eigenvalue weighted by Gasteiger charge is -2.12. The zero-order valence-corrected chi connectivity index (χ0v) is 12.7. The Morgan fingerprint density at radius 1 is 1.29 bits per heavy atom. The number of aromatic carboxylic acids is 1. The van der Waals surface area contributed by atoms with Crippen LogP contribution >= 0.6 is 15.9 Å². The first-order chi connectivity index (χ1) is 10.1. The molecule has 5 heteroatoms. The highest BCUT2D eigenvalue weighted by atomic mass is 79.9. The average molecular weight is 349 g/mol. The van der Waals surface area contributed by atoms with E-state index in [1.54, 1.807) is 12.1 Å². The van der Waals surface area contributed by atoms with Crippen molar-refractivity contribution in [3.63, 3.8) is 0 Å². The molecule has 2 aromatic carbocycles. The SMILES string of the molecule is O=C(O)c1ccc(OCC2Cc3cc(Br)ccc3O2)cc1. The van der Waals surface area contributed by atoms with E-state index in [1.165, 1.54) is 17.7 Å². The molecule has 0 aromatic heterocycles. The van der Waals surface area contributed by atoms with E-state index in [0.717, 1.165) is 16.6 Å². The Morgan fingerprint density at radius 3 is 2.76 bits per heavy atom. The van der Waals surface area contributed by atoms with Crippen molar-refractivity contribution in [2.24, 2.45) is 0 Å². The van der Waals surface area contributed by atoms with Crippen LogP contribution in [0.15, 0.2) is 46.9 Å². The molecule has 1 aliphatic heterocycles. The van der Waals surface area contributed by atoms with Gasteiger partial charge >= 0.3 is 5.97 Å². The normalized spacial score (nSPS) is 16.1. The van der Waals surface area contributed by atoms with Gasteiger partial charge in [0.05, 0.1) is 5.56 Å². The Kier molecular flexibility index (Phi) is 3.84. The van der Waals surface area contributed by atoms with Crippen molar-refractivity contribution in [3.8, 4) is 11.5 Å². The number of hydrogen-bond donors (Lipinski definition) is 1. The second kappa shape index (κ2) is 5.77. The summed E-state index contributed by atoms with van der Waals surface area (Å²) in [6.07, 6.45) is 0.788. The zero-order valence-electron chi connectivity index (χ0n) is 11.1. The van der Waals surface area contributed by atoms with Crippen molar-refractivity contribution in [1.82, 2.24) is 0 Å². The maximum Gasteiger partial charge on any atom is 0.335 e. The molecule has 1 N–H and O–H groups in total. The first-order valence-corrected chi connectivity index (χ1v) is 7.32. The number of carbonyl (C=O) groups is 1. The Bertz CT molecular complexity index is 666. The molecule has 3 rings (SSSR count). The van der Waals surface area contributed by atoms with Crippen molar-refractivity contribution in [1.29, 1.82) is 0 Å². The van der Waals surface area contributed by atoms with Gasteiger partial charge in [-0.05, 0) is 48.0 Å². The fourth-order valence-corrected chi connectivity index (χ4v) is 2.67. The molecule has 1 heterocycles. The number of halogens is 1. The van der Waals surface area contributed by atoms with Gasteiger partial charge in [0.1, 0.15) is 24.2 Å². The maximum absolute atomic E-state index is 10.8. The molecule has 4 nitrogen and oxygen atoms in total. The third kappa shape index (κ3) is 3.19. The minimum Gasteiger partial charge on any atom is -0.490 e. The van der Waals surface area contributed by atoms with Crippen molar-refractivity contribution in [3.05, 3.63) is 58.1 Å². The number of rotatable bonds is 4. The third-order valence-electron chi connectivity index (χ3n) is 3.30. The van der Waals surface area contributed by atoms with E-state index in [4.69, 9.17) is 14.6 Å². The van der Waals surface area contributed by atoms with Crippen LogP contribution in [0.4, 0.5) is 0 Å². The van der Waals surface area contributed by atoms with Gasteiger partial charge in [-0.2, -0.15) is 0 Å². The number of carboxylic acids is 1. The molecule has 0 aliphatic carbocycles. The van der Waals surface area contributed by atoms with Gasteiger partial charge in [0.2, 0.25) is 0 Å². The minimum absolute atomic E-state index is 0.0200. The number of carboxylic acid groups (broad SMARTS) is 1. The average Bonchev–Trinajstić information content (AvgIpc) is 2.87. The number of benzene rings is 2. The van der Waals surface area contributed by atoms with E-state index in [2.05, 4.69) is 22.0 Å². The molecule has 108 valence electrons. The number of fused-ring (bicyclic) bond motifs is 1. The van der Waals surface area contributed by atoms with Gasteiger partial charge in [0.25, 0.3) is 0 Å². The van der Waals surface area contributed by atoms with Crippen LogP contribution in [0.2, 0.25) is 0 Å². The molecular formula is C16H13BrO4. The predicted octanol–water partition coefficient (Wildman–Crippen LogP) is 3.53. The predicted molar refractivity (Wildman–Crippen MR) is 81.2 cm³/mol. The Hall–Kier alpha value is -2.01. The monoisotopic (exact) mass is 348 g/mol. The molecule has 0 spiro atoms. The summed E-state index contributed by atoms with van der Waals surface area (Å²) in [5.41, 5.74) is 1.41.